The Morgan fingerprint density at radius 2 is 1.75 bits per heavy atom. The fourth-order valence-electron chi connectivity index (χ4n) is 2.56. The first-order valence-electron chi connectivity index (χ1n) is 8.74. The van der Waals surface area contributed by atoms with Gasteiger partial charge in [0.05, 0.1) is 25.6 Å². The summed E-state index contributed by atoms with van der Waals surface area (Å²) in [6, 6.07) is -1.60. The van der Waals surface area contributed by atoms with Gasteiger partial charge in [-0.3, -0.25) is 9.69 Å². The van der Waals surface area contributed by atoms with E-state index in [1.807, 2.05) is 0 Å². The van der Waals surface area contributed by atoms with E-state index in [-0.39, 0.29) is 19.5 Å². The van der Waals surface area contributed by atoms with Gasteiger partial charge in [0, 0.05) is 6.54 Å². The van der Waals surface area contributed by atoms with Crippen molar-refractivity contribution >= 4 is 24.4 Å². The number of rotatable bonds is 11. The quantitative estimate of drug-likeness (QED) is 0.291. The molecule has 1 amide bonds. The van der Waals surface area contributed by atoms with Crippen LogP contribution in [0.3, 0.4) is 0 Å². The van der Waals surface area contributed by atoms with Crippen LogP contribution in [0.2, 0.25) is 0 Å². The summed E-state index contributed by atoms with van der Waals surface area (Å²) in [5, 5.41) is 0. The van der Waals surface area contributed by atoms with Crippen LogP contribution in [0.25, 0.3) is 0 Å². The summed E-state index contributed by atoms with van der Waals surface area (Å²) >= 11 is 0. The predicted molar refractivity (Wildman–Crippen MR) is 96.3 cm³/mol. The smallest absolute Gasteiger partial charge is 0.467 e. The predicted octanol–water partition coefficient (Wildman–Crippen LogP) is 0.156. The van der Waals surface area contributed by atoms with E-state index in [9.17, 15) is 24.0 Å². The topological polar surface area (TPSA) is 127 Å². The fourth-order valence-corrected chi connectivity index (χ4v) is 2.56. The molecule has 0 saturated carbocycles. The molecule has 1 heterocycles. The van der Waals surface area contributed by atoms with Gasteiger partial charge >= 0.3 is 11.8 Å². The third-order valence-electron chi connectivity index (χ3n) is 4.59. The number of methoxy groups -OCH3 is 1. The highest BCUT2D eigenvalue weighted by Gasteiger charge is 2.32. The molecule has 0 spiro atoms. The highest BCUT2D eigenvalue weighted by molar-refractivity contribution is 5.87. The molecule has 28 heavy (non-hydrogen) atoms. The normalized spacial score (nSPS) is 13.2. The number of hydrogen-bond acceptors (Lipinski definition) is 9. The molecule has 0 bridgehead atoms. The summed E-state index contributed by atoms with van der Waals surface area (Å²) in [4.78, 5) is 60.8. The monoisotopic (exact) mass is 398 g/mol. The lowest BCUT2D eigenvalue weighted by Crippen LogP contribution is -2.52. The van der Waals surface area contributed by atoms with Gasteiger partial charge in [0.15, 0.2) is 5.76 Å². The lowest BCUT2D eigenvalue weighted by Gasteiger charge is -2.33. The molecule has 0 aliphatic rings. The zero-order chi connectivity index (χ0) is 21.4. The van der Waals surface area contributed by atoms with E-state index in [1.165, 1.54) is 18.9 Å². The second kappa shape index (κ2) is 10.5. The van der Waals surface area contributed by atoms with Crippen LogP contribution in [-0.4, -0.2) is 67.0 Å². The van der Waals surface area contributed by atoms with Crippen LogP contribution in [0.1, 0.15) is 31.8 Å². The molecule has 156 valence electrons. The Morgan fingerprint density at radius 1 is 1.14 bits per heavy atom. The average molecular weight is 398 g/mol. The number of carbonyl (C=O) groups is 4. The number of hydrogen-bond donors (Lipinski definition) is 0. The van der Waals surface area contributed by atoms with Crippen molar-refractivity contribution in [2.75, 3.05) is 20.7 Å². The van der Waals surface area contributed by atoms with Crippen molar-refractivity contribution in [3.63, 3.8) is 0 Å². The SMILES string of the molecule is COC(=O)C(C)N(CCC(C=O)C=O)C(=O)C(C)N(C)Cc1oc(=O)oc1C. The molecule has 0 N–H and O–H groups in total. The van der Waals surface area contributed by atoms with Gasteiger partial charge in [-0.1, -0.05) is 0 Å². The largest absolute Gasteiger partial charge is 0.519 e. The van der Waals surface area contributed by atoms with Crippen LogP contribution >= 0.6 is 0 Å². The Morgan fingerprint density at radius 3 is 2.21 bits per heavy atom. The van der Waals surface area contributed by atoms with E-state index in [4.69, 9.17) is 13.6 Å². The Hall–Kier alpha value is -2.75. The van der Waals surface area contributed by atoms with Gasteiger partial charge in [0.2, 0.25) is 5.91 Å². The first-order chi connectivity index (χ1) is 13.2. The molecule has 0 aliphatic carbocycles. The standard InChI is InChI=1S/C18H26N2O8/c1-11(19(4)8-15-13(3)27-18(25)28-15)16(23)20(12(2)17(24)26-5)7-6-14(9-21)10-22/h9-12,14H,6-8H2,1-5H3. The summed E-state index contributed by atoms with van der Waals surface area (Å²) in [5.41, 5.74) is 0. The number of carbonyl (C=O) groups excluding carboxylic acids is 4. The highest BCUT2D eigenvalue weighted by Crippen LogP contribution is 2.14. The first-order valence-corrected chi connectivity index (χ1v) is 8.74. The molecular weight excluding hydrogens is 372 g/mol. The number of aryl methyl sites for hydroxylation is 1. The van der Waals surface area contributed by atoms with Crippen molar-refractivity contribution in [2.45, 2.75) is 45.8 Å². The lowest BCUT2D eigenvalue weighted by molar-refractivity contribution is -0.154. The maximum absolute atomic E-state index is 13.0. The molecule has 1 aromatic heterocycles. The Labute approximate surface area is 162 Å². The molecule has 0 saturated heterocycles. The van der Waals surface area contributed by atoms with Crippen molar-refractivity contribution in [2.24, 2.45) is 5.92 Å². The molecule has 10 heteroatoms. The summed E-state index contributed by atoms with van der Waals surface area (Å²) in [6.45, 7) is 4.87. The Balaban J connectivity index is 2.96. The van der Waals surface area contributed by atoms with Crippen LogP contribution in [0.15, 0.2) is 13.6 Å². The summed E-state index contributed by atoms with van der Waals surface area (Å²) in [5.74, 6) is -2.10. The number of esters is 1. The van der Waals surface area contributed by atoms with E-state index < -0.39 is 35.7 Å². The van der Waals surface area contributed by atoms with E-state index in [0.717, 1.165) is 0 Å². The highest BCUT2D eigenvalue weighted by atomic mass is 16.6. The Kier molecular flexibility index (Phi) is 8.77. The van der Waals surface area contributed by atoms with E-state index in [2.05, 4.69) is 0 Å². The van der Waals surface area contributed by atoms with E-state index >= 15 is 0 Å². The first kappa shape index (κ1) is 23.3. The van der Waals surface area contributed by atoms with Gasteiger partial charge in [-0.2, -0.15) is 0 Å². The molecule has 0 aliphatic heterocycles. The van der Waals surface area contributed by atoms with Crippen molar-refractivity contribution in [3.05, 3.63) is 22.1 Å². The molecule has 2 unspecified atom stereocenters. The minimum absolute atomic E-state index is 0.0231. The van der Waals surface area contributed by atoms with Crippen molar-refractivity contribution in [1.82, 2.24) is 9.80 Å². The van der Waals surface area contributed by atoms with Crippen molar-refractivity contribution < 1.29 is 32.7 Å². The maximum Gasteiger partial charge on any atom is 0.519 e. The van der Waals surface area contributed by atoms with Crippen LogP contribution in [0, 0.1) is 12.8 Å². The van der Waals surface area contributed by atoms with Crippen LogP contribution in [0.5, 0.6) is 0 Å². The number of amides is 1. The molecule has 2 atom stereocenters. The molecule has 0 aromatic carbocycles. The van der Waals surface area contributed by atoms with Crippen molar-refractivity contribution in [3.8, 4) is 0 Å². The van der Waals surface area contributed by atoms with E-state index in [0.29, 0.717) is 24.1 Å². The van der Waals surface area contributed by atoms with Gasteiger partial charge in [-0.15, -0.1) is 0 Å². The number of aldehydes is 2. The van der Waals surface area contributed by atoms with Gasteiger partial charge in [-0.05, 0) is 34.2 Å². The molecule has 0 radical (unpaired) electrons. The number of ether oxygens (including phenoxy) is 1. The summed E-state index contributed by atoms with van der Waals surface area (Å²) in [6.07, 6.45) is 1.08. The molecule has 1 aromatic rings. The van der Waals surface area contributed by atoms with Crippen molar-refractivity contribution in [1.29, 1.82) is 0 Å². The minimum atomic E-state index is -0.902. The fraction of sp³-hybridized carbons (Fsp3) is 0.611. The lowest BCUT2D eigenvalue weighted by atomic mass is 10.1. The third-order valence-corrected chi connectivity index (χ3v) is 4.59. The third kappa shape index (κ3) is 5.88. The minimum Gasteiger partial charge on any atom is -0.467 e. The van der Waals surface area contributed by atoms with Crippen LogP contribution < -0.4 is 5.82 Å². The summed E-state index contributed by atoms with van der Waals surface area (Å²) < 4.78 is 14.5. The number of nitrogens with zero attached hydrogens (tertiary/aromatic N) is 2. The molecular formula is C18H26N2O8. The van der Waals surface area contributed by atoms with Crippen LogP contribution in [0.4, 0.5) is 0 Å². The van der Waals surface area contributed by atoms with Gasteiger partial charge in [0.1, 0.15) is 24.4 Å². The second-order valence-electron chi connectivity index (χ2n) is 6.48. The zero-order valence-corrected chi connectivity index (χ0v) is 16.7. The average Bonchev–Trinajstić information content (AvgIpc) is 2.99. The Bertz CT molecular complexity index is 745. The number of likely N-dealkylation sites (N-methyl/N-ethyl adjacent to an activating group) is 1. The molecule has 1 rings (SSSR count). The molecule has 10 nitrogen and oxygen atoms in total. The van der Waals surface area contributed by atoms with Gasteiger partial charge < -0.3 is 28.1 Å². The van der Waals surface area contributed by atoms with Gasteiger partial charge in [0.25, 0.3) is 0 Å². The van der Waals surface area contributed by atoms with E-state index in [1.54, 1.807) is 25.8 Å². The zero-order valence-electron chi connectivity index (χ0n) is 16.7. The van der Waals surface area contributed by atoms with Crippen LogP contribution in [-0.2, 0) is 30.5 Å². The summed E-state index contributed by atoms with van der Waals surface area (Å²) in [7, 11) is 2.86. The second-order valence-corrected chi connectivity index (χ2v) is 6.48. The van der Waals surface area contributed by atoms with Gasteiger partial charge in [-0.25, -0.2) is 9.59 Å². The maximum atomic E-state index is 13.0. The molecule has 0 fully saturated rings.